The highest BCUT2D eigenvalue weighted by Gasteiger charge is 2.63. The summed E-state index contributed by atoms with van der Waals surface area (Å²) in [6.45, 7) is 0. The van der Waals surface area contributed by atoms with E-state index in [1.54, 1.807) is 19.2 Å². The highest BCUT2D eigenvalue weighted by atomic mass is 79.9. The Hall–Kier alpha value is -1.56. The Labute approximate surface area is 136 Å². The first-order valence-electron chi connectivity index (χ1n) is 7.43. The van der Waals surface area contributed by atoms with Crippen LogP contribution in [0, 0.1) is 23.7 Å². The highest BCUT2D eigenvalue weighted by Crippen LogP contribution is 2.57. The fraction of sp³-hybridized carbons (Fsp3) is 0.500. The van der Waals surface area contributed by atoms with E-state index in [-0.39, 0.29) is 41.7 Å². The molecule has 1 heterocycles. The average Bonchev–Trinajstić information content (AvgIpc) is 3.10. The zero-order valence-electron chi connectivity index (χ0n) is 12.0. The number of carbonyl (C=O) groups excluding carboxylic acids is 2. The van der Waals surface area contributed by atoms with Gasteiger partial charge in [-0.2, -0.15) is 0 Å². The van der Waals surface area contributed by atoms with Crippen molar-refractivity contribution in [3.8, 4) is 5.75 Å². The molecule has 2 aliphatic carbocycles. The van der Waals surface area contributed by atoms with E-state index in [1.807, 2.05) is 6.07 Å². The van der Waals surface area contributed by atoms with Crippen LogP contribution in [-0.2, 0) is 14.3 Å². The molecule has 0 spiro atoms. The lowest BCUT2D eigenvalue weighted by Crippen LogP contribution is -2.35. The topological polar surface area (TPSA) is 64.6 Å². The number of fused-ring (bicyclic) bond motifs is 1. The summed E-state index contributed by atoms with van der Waals surface area (Å²) in [6, 6.07) is 5.44. The highest BCUT2D eigenvalue weighted by molar-refractivity contribution is 9.10. The molecular weight excluding hydrogens is 350 g/mol. The molecule has 3 fully saturated rings. The van der Waals surface area contributed by atoms with E-state index in [1.165, 1.54) is 0 Å². The molecule has 0 unspecified atom stereocenters. The fourth-order valence-electron chi connectivity index (χ4n) is 4.35. The molecule has 6 heteroatoms. The zero-order chi connectivity index (χ0) is 15.4. The molecular formula is C16H16BrNO4. The van der Waals surface area contributed by atoms with Crippen molar-refractivity contribution in [3.05, 3.63) is 22.7 Å². The largest absolute Gasteiger partial charge is 0.495 e. The Morgan fingerprint density at radius 1 is 1.41 bits per heavy atom. The number of carbonyl (C=O) groups is 2. The van der Waals surface area contributed by atoms with Crippen LogP contribution in [0.3, 0.4) is 0 Å². The van der Waals surface area contributed by atoms with Gasteiger partial charge in [0.15, 0.2) is 0 Å². The number of benzene rings is 1. The third kappa shape index (κ3) is 1.96. The van der Waals surface area contributed by atoms with Crippen LogP contribution in [0.4, 0.5) is 5.69 Å². The third-order valence-corrected chi connectivity index (χ3v) is 5.70. The van der Waals surface area contributed by atoms with Gasteiger partial charge in [0.1, 0.15) is 11.9 Å². The minimum atomic E-state index is -0.274. The van der Waals surface area contributed by atoms with Gasteiger partial charge in [0.2, 0.25) is 5.91 Å². The minimum absolute atomic E-state index is 0.0498. The number of amides is 1. The monoisotopic (exact) mass is 365 g/mol. The first-order chi connectivity index (χ1) is 10.6. The number of ether oxygens (including phenoxy) is 2. The molecule has 22 heavy (non-hydrogen) atoms. The van der Waals surface area contributed by atoms with Crippen molar-refractivity contribution < 1.29 is 19.1 Å². The quantitative estimate of drug-likeness (QED) is 0.836. The summed E-state index contributed by atoms with van der Waals surface area (Å²) in [5.74, 6) is 0.258. The molecule has 2 saturated carbocycles. The van der Waals surface area contributed by atoms with Crippen LogP contribution in [0.5, 0.6) is 5.75 Å². The Bertz CT molecular complexity index is 660. The summed E-state index contributed by atoms with van der Waals surface area (Å²) >= 11 is 3.38. The summed E-state index contributed by atoms with van der Waals surface area (Å²) < 4.78 is 11.6. The molecule has 4 rings (SSSR count). The summed E-state index contributed by atoms with van der Waals surface area (Å²) in [7, 11) is 1.56. The second-order valence-corrected chi connectivity index (χ2v) is 7.17. The summed E-state index contributed by atoms with van der Waals surface area (Å²) in [4.78, 5) is 24.7. The van der Waals surface area contributed by atoms with Gasteiger partial charge in [-0.1, -0.05) is 15.9 Å². The molecule has 116 valence electrons. The average molecular weight is 366 g/mol. The standard InChI is InChI=1S/C16H16BrNO4/c1-21-12-6-8(17)2-3-10(12)18-15(19)13-7-4-9-11(5-7)22-16(20)14(9)13/h2-3,6-7,9,11,13-14H,4-5H2,1H3,(H,18,19)/t7-,9-,11-,13+,14+/m1/s1. The van der Waals surface area contributed by atoms with Crippen LogP contribution in [-0.4, -0.2) is 25.1 Å². The van der Waals surface area contributed by atoms with Crippen molar-refractivity contribution in [3.63, 3.8) is 0 Å². The third-order valence-electron chi connectivity index (χ3n) is 5.21. The lowest BCUT2D eigenvalue weighted by atomic mass is 9.79. The van der Waals surface area contributed by atoms with E-state index >= 15 is 0 Å². The predicted molar refractivity (Wildman–Crippen MR) is 82.4 cm³/mol. The van der Waals surface area contributed by atoms with Crippen LogP contribution >= 0.6 is 15.9 Å². The Morgan fingerprint density at radius 2 is 2.23 bits per heavy atom. The van der Waals surface area contributed by atoms with E-state index in [2.05, 4.69) is 21.2 Å². The molecule has 1 N–H and O–H groups in total. The molecule has 0 radical (unpaired) electrons. The maximum Gasteiger partial charge on any atom is 0.310 e. The molecule has 1 aliphatic heterocycles. The first-order valence-corrected chi connectivity index (χ1v) is 8.22. The van der Waals surface area contributed by atoms with Gasteiger partial charge in [0, 0.05) is 10.4 Å². The van der Waals surface area contributed by atoms with E-state index in [0.29, 0.717) is 11.4 Å². The van der Waals surface area contributed by atoms with Crippen LogP contribution in [0.2, 0.25) is 0 Å². The van der Waals surface area contributed by atoms with Crippen molar-refractivity contribution >= 4 is 33.5 Å². The summed E-state index contributed by atoms with van der Waals surface area (Å²) in [5.41, 5.74) is 0.626. The second-order valence-electron chi connectivity index (χ2n) is 6.26. The number of anilines is 1. The zero-order valence-corrected chi connectivity index (χ0v) is 13.6. The van der Waals surface area contributed by atoms with Gasteiger partial charge in [-0.25, -0.2) is 0 Å². The van der Waals surface area contributed by atoms with E-state index < -0.39 is 0 Å². The van der Waals surface area contributed by atoms with Gasteiger partial charge < -0.3 is 14.8 Å². The Morgan fingerprint density at radius 3 is 3.00 bits per heavy atom. The maximum absolute atomic E-state index is 12.7. The number of nitrogens with one attached hydrogen (secondary N) is 1. The first kappa shape index (κ1) is 14.1. The van der Waals surface area contributed by atoms with Gasteiger partial charge in [-0.3, -0.25) is 9.59 Å². The van der Waals surface area contributed by atoms with Gasteiger partial charge in [-0.15, -0.1) is 0 Å². The number of esters is 1. The van der Waals surface area contributed by atoms with Crippen molar-refractivity contribution in [2.24, 2.45) is 23.7 Å². The van der Waals surface area contributed by atoms with Crippen LogP contribution in [0.25, 0.3) is 0 Å². The number of halogens is 1. The van der Waals surface area contributed by atoms with Crippen molar-refractivity contribution in [2.75, 3.05) is 12.4 Å². The summed E-state index contributed by atoms with van der Waals surface area (Å²) in [6.07, 6.45) is 1.80. The molecule has 3 aliphatic rings. The molecule has 0 aromatic heterocycles. The smallest absolute Gasteiger partial charge is 0.310 e. The molecule has 1 aromatic carbocycles. The molecule has 2 bridgehead atoms. The van der Waals surface area contributed by atoms with Gasteiger partial charge in [0.25, 0.3) is 0 Å². The van der Waals surface area contributed by atoms with Crippen LogP contribution in [0.1, 0.15) is 12.8 Å². The van der Waals surface area contributed by atoms with E-state index in [9.17, 15) is 9.59 Å². The number of hydrogen-bond acceptors (Lipinski definition) is 4. The van der Waals surface area contributed by atoms with E-state index in [0.717, 1.165) is 17.3 Å². The molecule has 1 aromatic rings. The SMILES string of the molecule is COc1cc(Br)ccc1NC(=O)[C@H]1[C@@H]2C[C@H]3[C@@H]1C(=O)O[C@@H]3C2. The molecule has 5 nitrogen and oxygen atoms in total. The fourth-order valence-corrected chi connectivity index (χ4v) is 4.69. The lowest BCUT2D eigenvalue weighted by molar-refractivity contribution is -0.145. The normalized spacial score (nSPS) is 34.6. The van der Waals surface area contributed by atoms with Crippen LogP contribution in [0.15, 0.2) is 22.7 Å². The number of rotatable bonds is 3. The Kier molecular flexibility index (Phi) is 3.18. The summed E-state index contributed by atoms with van der Waals surface area (Å²) in [5, 5.41) is 2.93. The van der Waals surface area contributed by atoms with Gasteiger partial charge in [-0.05, 0) is 37.0 Å². The Balaban J connectivity index is 1.57. The second kappa shape index (κ2) is 4.98. The lowest BCUT2D eigenvalue weighted by Gasteiger charge is -2.24. The van der Waals surface area contributed by atoms with Crippen molar-refractivity contribution in [1.29, 1.82) is 0 Å². The number of methoxy groups -OCH3 is 1. The van der Waals surface area contributed by atoms with Crippen molar-refractivity contribution in [1.82, 2.24) is 0 Å². The minimum Gasteiger partial charge on any atom is -0.495 e. The predicted octanol–water partition coefficient (Wildman–Crippen LogP) is 2.59. The van der Waals surface area contributed by atoms with Gasteiger partial charge in [0.05, 0.1) is 24.6 Å². The maximum atomic E-state index is 12.7. The van der Waals surface area contributed by atoms with Crippen molar-refractivity contribution in [2.45, 2.75) is 18.9 Å². The van der Waals surface area contributed by atoms with Crippen LogP contribution < -0.4 is 10.1 Å². The molecule has 5 atom stereocenters. The molecule has 1 saturated heterocycles. The number of hydrogen-bond donors (Lipinski definition) is 1. The molecule has 1 amide bonds. The van der Waals surface area contributed by atoms with E-state index in [4.69, 9.17) is 9.47 Å². The van der Waals surface area contributed by atoms with Gasteiger partial charge >= 0.3 is 5.97 Å².